The van der Waals surface area contributed by atoms with Crippen LogP contribution in [0.1, 0.15) is 277 Å². The Balaban J connectivity index is 4.19. The van der Waals surface area contributed by atoms with Crippen molar-refractivity contribution in [1.82, 2.24) is 5.32 Å². The Morgan fingerprint density at radius 2 is 0.857 bits per heavy atom. The van der Waals surface area contributed by atoms with Crippen molar-refractivity contribution in [3.05, 3.63) is 12.2 Å². The van der Waals surface area contributed by atoms with E-state index < -0.39 is 20.0 Å². The second kappa shape index (κ2) is 46.4. The summed E-state index contributed by atoms with van der Waals surface area (Å²) >= 11 is 0. The maximum atomic E-state index is 13.0. The van der Waals surface area contributed by atoms with Gasteiger partial charge >= 0.3 is 7.82 Å². The number of nitrogens with one attached hydrogen (secondary N) is 1. The topological polar surface area (TPSA) is 105 Å². The molecule has 0 saturated heterocycles. The number of hydrogen-bond donors (Lipinski definition) is 3. The molecule has 3 atom stereocenters. The monoisotopic (exact) mass is 914 g/mol. The van der Waals surface area contributed by atoms with Gasteiger partial charge in [0.1, 0.15) is 13.2 Å². The highest BCUT2D eigenvalue weighted by molar-refractivity contribution is 7.47. The van der Waals surface area contributed by atoms with Crippen molar-refractivity contribution in [2.75, 3.05) is 40.9 Å². The zero-order valence-corrected chi connectivity index (χ0v) is 43.7. The number of quaternary nitrogens is 1. The first-order valence-corrected chi connectivity index (χ1v) is 29.0. The van der Waals surface area contributed by atoms with Crippen LogP contribution in [-0.2, 0) is 18.4 Å². The fourth-order valence-electron chi connectivity index (χ4n) is 8.40. The fraction of sp³-hybridized carbons (Fsp3) is 0.944. The van der Waals surface area contributed by atoms with Gasteiger partial charge in [-0.25, -0.2) is 4.57 Å². The van der Waals surface area contributed by atoms with E-state index in [9.17, 15) is 19.4 Å². The second-order valence-corrected chi connectivity index (χ2v) is 21.8. The van der Waals surface area contributed by atoms with Crippen LogP contribution in [0.15, 0.2) is 12.2 Å². The molecule has 0 aliphatic rings. The molecule has 3 N–H and O–H groups in total. The number of hydrogen-bond acceptors (Lipinski definition) is 5. The molecule has 0 radical (unpaired) electrons. The number of carbonyl (C=O) groups is 1. The molecule has 0 aliphatic carbocycles. The fourth-order valence-corrected chi connectivity index (χ4v) is 9.13. The Morgan fingerprint density at radius 3 is 1.22 bits per heavy atom. The van der Waals surface area contributed by atoms with E-state index in [1.807, 2.05) is 21.1 Å². The smallest absolute Gasteiger partial charge is 0.391 e. The van der Waals surface area contributed by atoms with E-state index >= 15 is 0 Å². The zero-order valence-electron chi connectivity index (χ0n) is 42.8. The van der Waals surface area contributed by atoms with Crippen LogP contribution in [0.5, 0.6) is 0 Å². The summed E-state index contributed by atoms with van der Waals surface area (Å²) in [5.74, 6) is -0.142. The van der Waals surface area contributed by atoms with Gasteiger partial charge in [-0.3, -0.25) is 13.8 Å². The number of rotatable bonds is 51. The van der Waals surface area contributed by atoms with Gasteiger partial charge in [-0.05, 0) is 38.5 Å². The number of unbranched alkanes of at least 4 members (excludes halogenated alkanes) is 36. The van der Waals surface area contributed by atoms with Crippen LogP contribution < -0.4 is 5.32 Å². The van der Waals surface area contributed by atoms with Crippen molar-refractivity contribution in [1.29, 1.82) is 0 Å². The molecule has 1 amide bonds. The molecule has 9 heteroatoms. The molecule has 0 aromatic carbocycles. The van der Waals surface area contributed by atoms with E-state index in [2.05, 4.69) is 31.3 Å². The standard InChI is InChI=1S/C54H109N2O6P/c1-6-8-10-12-14-16-18-20-22-24-26-27-28-30-31-33-35-37-39-41-43-45-47-53(57)52(51-62-63(59,60)61-50-49-56(3,4)5)55-54(58)48-46-44-42-40-38-36-34-32-29-25-23-21-19-17-15-13-11-9-7-2/h21,23,52-53,57H,6-20,22,24-51H2,1-5H3,(H-,55,58,59,60)/p+1/b23-21-. The summed E-state index contributed by atoms with van der Waals surface area (Å²) in [6.07, 6.45) is 55.4. The van der Waals surface area contributed by atoms with Gasteiger partial charge in [0.15, 0.2) is 0 Å². The number of nitrogens with zero attached hydrogens (tertiary/aromatic N) is 1. The van der Waals surface area contributed by atoms with E-state index in [0.29, 0.717) is 23.9 Å². The van der Waals surface area contributed by atoms with Gasteiger partial charge in [-0.15, -0.1) is 0 Å². The van der Waals surface area contributed by atoms with Crippen molar-refractivity contribution < 1.29 is 32.9 Å². The van der Waals surface area contributed by atoms with Crippen molar-refractivity contribution in [3.63, 3.8) is 0 Å². The predicted molar refractivity (Wildman–Crippen MR) is 272 cm³/mol. The maximum Gasteiger partial charge on any atom is 0.472 e. The van der Waals surface area contributed by atoms with Gasteiger partial charge in [0.25, 0.3) is 0 Å². The number of likely N-dealkylation sites (N-methyl/N-ethyl adjacent to an activating group) is 1. The average molecular weight is 914 g/mol. The van der Waals surface area contributed by atoms with Crippen LogP contribution in [0.3, 0.4) is 0 Å². The van der Waals surface area contributed by atoms with Crippen LogP contribution in [0.25, 0.3) is 0 Å². The van der Waals surface area contributed by atoms with Gasteiger partial charge in [-0.2, -0.15) is 0 Å². The van der Waals surface area contributed by atoms with Crippen LogP contribution in [0.4, 0.5) is 0 Å². The van der Waals surface area contributed by atoms with Crippen molar-refractivity contribution in [2.45, 2.75) is 289 Å². The van der Waals surface area contributed by atoms with Gasteiger partial charge in [0.2, 0.25) is 5.91 Å². The van der Waals surface area contributed by atoms with E-state index in [-0.39, 0.29) is 19.1 Å². The normalized spacial score (nSPS) is 14.1. The highest BCUT2D eigenvalue weighted by atomic mass is 31.2. The van der Waals surface area contributed by atoms with E-state index in [0.717, 1.165) is 38.5 Å². The second-order valence-electron chi connectivity index (χ2n) is 20.3. The quantitative estimate of drug-likeness (QED) is 0.0243. The summed E-state index contributed by atoms with van der Waals surface area (Å²) in [5.41, 5.74) is 0. The molecular weight excluding hydrogens is 804 g/mol. The van der Waals surface area contributed by atoms with Crippen LogP contribution >= 0.6 is 7.82 Å². The molecule has 63 heavy (non-hydrogen) atoms. The Morgan fingerprint density at radius 1 is 0.524 bits per heavy atom. The van der Waals surface area contributed by atoms with Crippen LogP contribution in [0.2, 0.25) is 0 Å². The lowest BCUT2D eigenvalue weighted by Gasteiger charge is -2.26. The number of aliphatic hydroxyl groups is 1. The molecule has 0 spiro atoms. The van der Waals surface area contributed by atoms with E-state index in [1.165, 1.54) is 212 Å². The lowest BCUT2D eigenvalue weighted by molar-refractivity contribution is -0.870. The summed E-state index contributed by atoms with van der Waals surface area (Å²) in [5, 5.41) is 14.1. The maximum absolute atomic E-state index is 13.0. The molecule has 376 valence electrons. The van der Waals surface area contributed by atoms with E-state index in [4.69, 9.17) is 9.05 Å². The Labute approximate surface area is 392 Å². The molecule has 0 aliphatic heterocycles. The van der Waals surface area contributed by atoms with Crippen molar-refractivity contribution in [2.24, 2.45) is 0 Å². The van der Waals surface area contributed by atoms with Gasteiger partial charge in [0, 0.05) is 6.42 Å². The van der Waals surface area contributed by atoms with Gasteiger partial charge in [0.05, 0.1) is 39.9 Å². The molecule has 0 heterocycles. The first-order valence-electron chi connectivity index (χ1n) is 27.6. The number of allylic oxidation sites excluding steroid dienone is 2. The van der Waals surface area contributed by atoms with Crippen molar-refractivity contribution >= 4 is 13.7 Å². The summed E-state index contributed by atoms with van der Waals surface area (Å²) in [7, 11) is 1.63. The SMILES string of the molecule is CCCCCCCC/C=C\CCCCCCCCCCCC(=O)NC(COP(=O)(O)OCC[N+](C)(C)C)C(O)CCCCCCCCCCCCCCCCCCCCCCCC. The lowest BCUT2D eigenvalue weighted by Crippen LogP contribution is -2.46. The molecule has 0 aromatic rings. The third kappa shape index (κ3) is 49.0. The highest BCUT2D eigenvalue weighted by Gasteiger charge is 2.28. The number of phosphoric acid groups is 1. The Bertz CT molecular complexity index is 1040. The average Bonchev–Trinajstić information content (AvgIpc) is 3.24. The molecule has 0 fully saturated rings. The largest absolute Gasteiger partial charge is 0.472 e. The Hall–Kier alpha value is -0.760. The third-order valence-corrected chi connectivity index (χ3v) is 13.7. The number of amides is 1. The first-order chi connectivity index (χ1) is 30.5. The lowest BCUT2D eigenvalue weighted by atomic mass is 10.0. The minimum absolute atomic E-state index is 0.0767. The predicted octanol–water partition coefficient (Wildman–Crippen LogP) is 16.3. The van der Waals surface area contributed by atoms with Crippen LogP contribution in [-0.4, -0.2) is 73.4 Å². The minimum Gasteiger partial charge on any atom is -0.391 e. The number of carbonyl (C=O) groups excluding carboxylic acids is 1. The van der Waals surface area contributed by atoms with Gasteiger partial charge in [-0.1, -0.05) is 244 Å². The molecular formula is C54H110N2O6P+. The highest BCUT2D eigenvalue weighted by Crippen LogP contribution is 2.43. The van der Waals surface area contributed by atoms with E-state index in [1.54, 1.807) is 0 Å². The van der Waals surface area contributed by atoms with Crippen molar-refractivity contribution in [3.8, 4) is 0 Å². The molecule has 0 saturated carbocycles. The summed E-state index contributed by atoms with van der Waals surface area (Å²) in [4.78, 5) is 23.3. The molecule has 0 bridgehead atoms. The van der Waals surface area contributed by atoms with Gasteiger partial charge < -0.3 is 19.8 Å². The first kappa shape index (κ1) is 62.2. The summed E-state index contributed by atoms with van der Waals surface area (Å²) < 4.78 is 23.8. The number of aliphatic hydroxyl groups excluding tert-OH is 1. The van der Waals surface area contributed by atoms with Crippen LogP contribution in [0, 0.1) is 0 Å². The Kier molecular flexibility index (Phi) is 45.8. The molecule has 0 aromatic heterocycles. The minimum atomic E-state index is -4.32. The zero-order chi connectivity index (χ0) is 46.4. The molecule has 0 rings (SSSR count). The third-order valence-electron chi connectivity index (χ3n) is 12.8. The number of phosphoric ester groups is 1. The molecule has 3 unspecified atom stereocenters. The summed E-state index contributed by atoms with van der Waals surface area (Å²) in [6, 6.07) is -0.759. The molecule has 8 nitrogen and oxygen atoms in total. The summed E-state index contributed by atoms with van der Waals surface area (Å²) in [6.45, 7) is 4.92.